The molecule has 1 aromatic carbocycles. The van der Waals surface area contributed by atoms with Crippen LogP contribution in [0.15, 0.2) is 30.6 Å². The normalized spacial score (nSPS) is 19.9. The molecule has 0 unspecified atom stereocenters. The van der Waals surface area contributed by atoms with Gasteiger partial charge in [0, 0.05) is 56.4 Å². The number of rotatable bonds is 5. The smallest absolute Gasteiger partial charge is 0.0967 e. The number of piperidine rings is 1. The van der Waals surface area contributed by atoms with E-state index < -0.39 is 0 Å². The molecule has 0 amide bonds. The Kier molecular flexibility index (Phi) is 5.35. The monoisotopic (exact) mass is 394 g/mol. The average molecular weight is 395 g/mol. The lowest BCUT2D eigenvalue weighted by atomic mass is 10.0. The minimum Gasteiger partial charge on any atom is -0.379 e. The summed E-state index contributed by atoms with van der Waals surface area (Å²) in [6, 6.07) is 7.10. The first-order valence-corrected chi connectivity index (χ1v) is 10.7. The van der Waals surface area contributed by atoms with Crippen molar-refractivity contribution in [1.82, 2.24) is 29.8 Å². The van der Waals surface area contributed by atoms with E-state index in [9.17, 15) is 0 Å². The van der Waals surface area contributed by atoms with Gasteiger partial charge in [0.1, 0.15) is 0 Å². The van der Waals surface area contributed by atoms with Crippen molar-refractivity contribution in [3.8, 4) is 0 Å². The molecule has 4 heterocycles. The average Bonchev–Trinajstić information content (AvgIpc) is 3.37. The Morgan fingerprint density at radius 3 is 2.69 bits per heavy atom. The number of H-pyrrole nitrogens is 1. The van der Waals surface area contributed by atoms with Crippen LogP contribution < -0.4 is 0 Å². The number of aromatic amines is 1. The Labute approximate surface area is 171 Å². The first kappa shape index (κ1) is 18.8. The van der Waals surface area contributed by atoms with E-state index in [2.05, 4.69) is 67.3 Å². The standard InChI is InChI=1S/C22H30N6O/c1-17-2-3-22-21(12-17)18(13-23-22)14-26-6-4-20(5-7-26)28-16-19(24-25-28)15-27-8-10-29-11-9-27/h2-3,12-13,16,20,23H,4-11,14-15H2,1H3. The second-order valence-electron chi connectivity index (χ2n) is 8.45. The third-order valence-electron chi connectivity index (χ3n) is 6.30. The Hall–Kier alpha value is -2.22. The molecule has 7 nitrogen and oxygen atoms in total. The van der Waals surface area contributed by atoms with Gasteiger partial charge in [-0.1, -0.05) is 16.8 Å². The molecular weight excluding hydrogens is 364 g/mol. The number of ether oxygens (including phenoxy) is 1. The molecule has 1 N–H and O–H groups in total. The zero-order valence-corrected chi connectivity index (χ0v) is 17.2. The molecule has 7 heteroatoms. The summed E-state index contributed by atoms with van der Waals surface area (Å²) in [5, 5.41) is 10.2. The number of aryl methyl sites for hydroxylation is 1. The summed E-state index contributed by atoms with van der Waals surface area (Å²) in [5.41, 5.74) is 5.02. The lowest BCUT2D eigenvalue weighted by Crippen LogP contribution is -2.35. The molecule has 0 atom stereocenters. The van der Waals surface area contributed by atoms with Crippen molar-refractivity contribution in [1.29, 1.82) is 0 Å². The van der Waals surface area contributed by atoms with Crippen LogP contribution in [0.5, 0.6) is 0 Å². The van der Waals surface area contributed by atoms with Gasteiger partial charge in [0.15, 0.2) is 0 Å². The predicted octanol–water partition coefficient (Wildman–Crippen LogP) is 2.74. The number of hydrogen-bond donors (Lipinski definition) is 1. The van der Waals surface area contributed by atoms with Crippen LogP contribution in [0.1, 0.15) is 35.7 Å². The second-order valence-corrected chi connectivity index (χ2v) is 8.45. The van der Waals surface area contributed by atoms with Crippen LogP contribution in [0.2, 0.25) is 0 Å². The number of fused-ring (bicyclic) bond motifs is 1. The van der Waals surface area contributed by atoms with Crippen molar-refractivity contribution in [3.05, 3.63) is 47.4 Å². The molecule has 2 saturated heterocycles. The van der Waals surface area contributed by atoms with Gasteiger partial charge < -0.3 is 9.72 Å². The highest BCUT2D eigenvalue weighted by Gasteiger charge is 2.23. The third-order valence-corrected chi connectivity index (χ3v) is 6.30. The fraction of sp³-hybridized carbons (Fsp3) is 0.545. The van der Waals surface area contributed by atoms with Crippen molar-refractivity contribution in [2.45, 2.75) is 38.9 Å². The van der Waals surface area contributed by atoms with Gasteiger partial charge in [0.05, 0.1) is 31.1 Å². The number of nitrogens with zero attached hydrogens (tertiary/aromatic N) is 5. The van der Waals surface area contributed by atoms with E-state index in [4.69, 9.17) is 4.74 Å². The Morgan fingerprint density at radius 2 is 1.86 bits per heavy atom. The number of likely N-dealkylation sites (tertiary alicyclic amines) is 1. The van der Waals surface area contributed by atoms with Crippen LogP contribution in [0.4, 0.5) is 0 Å². The molecule has 2 fully saturated rings. The summed E-state index contributed by atoms with van der Waals surface area (Å²) in [5.74, 6) is 0. The highest BCUT2D eigenvalue weighted by Crippen LogP contribution is 2.26. The van der Waals surface area contributed by atoms with Crippen LogP contribution in [0.25, 0.3) is 10.9 Å². The molecule has 2 aliphatic heterocycles. The van der Waals surface area contributed by atoms with Crippen LogP contribution in [-0.2, 0) is 17.8 Å². The van der Waals surface area contributed by atoms with Crippen molar-refractivity contribution in [2.75, 3.05) is 39.4 Å². The summed E-state index contributed by atoms with van der Waals surface area (Å²) in [7, 11) is 0. The van der Waals surface area contributed by atoms with Crippen molar-refractivity contribution in [3.63, 3.8) is 0 Å². The van der Waals surface area contributed by atoms with Gasteiger partial charge in [0.2, 0.25) is 0 Å². The number of morpholine rings is 1. The van der Waals surface area contributed by atoms with Gasteiger partial charge in [0.25, 0.3) is 0 Å². The van der Waals surface area contributed by atoms with E-state index in [0.29, 0.717) is 6.04 Å². The van der Waals surface area contributed by atoms with E-state index in [1.165, 1.54) is 22.0 Å². The van der Waals surface area contributed by atoms with Crippen LogP contribution in [0, 0.1) is 6.92 Å². The van der Waals surface area contributed by atoms with Gasteiger partial charge in [-0.3, -0.25) is 9.80 Å². The van der Waals surface area contributed by atoms with Crippen molar-refractivity contribution in [2.24, 2.45) is 0 Å². The zero-order chi connectivity index (χ0) is 19.6. The van der Waals surface area contributed by atoms with Gasteiger partial charge in [-0.15, -0.1) is 5.10 Å². The molecule has 0 spiro atoms. The van der Waals surface area contributed by atoms with Crippen LogP contribution in [-0.4, -0.2) is 69.2 Å². The Balaban J connectivity index is 1.17. The van der Waals surface area contributed by atoms with Gasteiger partial charge in [-0.2, -0.15) is 0 Å². The van der Waals surface area contributed by atoms with E-state index >= 15 is 0 Å². The Bertz CT molecular complexity index is 949. The fourth-order valence-electron chi connectivity index (χ4n) is 4.56. The van der Waals surface area contributed by atoms with Crippen LogP contribution in [0.3, 0.4) is 0 Å². The van der Waals surface area contributed by atoms with Crippen molar-refractivity contribution >= 4 is 10.9 Å². The van der Waals surface area contributed by atoms with E-state index in [1.807, 2.05) is 0 Å². The largest absolute Gasteiger partial charge is 0.379 e. The molecule has 0 aliphatic carbocycles. The summed E-state index contributed by atoms with van der Waals surface area (Å²) >= 11 is 0. The van der Waals surface area contributed by atoms with Crippen LogP contribution >= 0.6 is 0 Å². The molecule has 154 valence electrons. The minimum atomic E-state index is 0.461. The molecule has 0 radical (unpaired) electrons. The highest BCUT2D eigenvalue weighted by atomic mass is 16.5. The summed E-state index contributed by atoms with van der Waals surface area (Å²) in [6.45, 7) is 9.86. The van der Waals surface area contributed by atoms with E-state index in [-0.39, 0.29) is 0 Å². The first-order valence-electron chi connectivity index (χ1n) is 10.7. The SMILES string of the molecule is Cc1ccc2[nH]cc(CN3CCC(n4cc(CN5CCOCC5)nn4)CC3)c2c1. The fourth-order valence-corrected chi connectivity index (χ4v) is 4.56. The molecule has 5 rings (SSSR count). The molecule has 2 aromatic heterocycles. The molecule has 3 aromatic rings. The lowest BCUT2D eigenvalue weighted by Gasteiger charge is -2.31. The number of aromatic nitrogens is 4. The third kappa shape index (κ3) is 4.22. The number of hydrogen-bond acceptors (Lipinski definition) is 5. The number of benzene rings is 1. The molecule has 29 heavy (non-hydrogen) atoms. The predicted molar refractivity (Wildman–Crippen MR) is 113 cm³/mol. The van der Waals surface area contributed by atoms with E-state index in [0.717, 1.165) is 71.0 Å². The zero-order valence-electron chi connectivity index (χ0n) is 17.2. The second kappa shape index (κ2) is 8.26. The summed E-state index contributed by atoms with van der Waals surface area (Å²) in [6.07, 6.45) is 6.58. The summed E-state index contributed by atoms with van der Waals surface area (Å²) in [4.78, 5) is 8.37. The maximum absolute atomic E-state index is 5.43. The van der Waals surface area contributed by atoms with Gasteiger partial charge in [-0.25, -0.2) is 4.68 Å². The molecular formula is C22H30N6O. The van der Waals surface area contributed by atoms with Gasteiger partial charge >= 0.3 is 0 Å². The minimum absolute atomic E-state index is 0.461. The highest BCUT2D eigenvalue weighted by molar-refractivity contribution is 5.83. The topological polar surface area (TPSA) is 62.2 Å². The quantitative estimate of drug-likeness (QED) is 0.721. The molecule has 0 bridgehead atoms. The Morgan fingerprint density at radius 1 is 1.07 bits per heavy atom. The molecule has 2 aliphatic rings. The van der Waals surface area contributed by atoms with Crippen molar-refractivity contribution < 1.29 is 4.74 Å². The first-order chi connectivity index (χ1) is 14.2. The lowest BCUT2D eigenvalue weighted by molar-refractivity contribution is 0.0336. The summed E-state index contributed by atoms with van der Waals surface area (Å²) < 4.78 is 7.52. The van der Waals surface area contributed by atoms with Gasteiger partial charge in [-0.05, 0) is 37.5 Å². The molecule has 0 saturated carbocycles. The maximum Gasteiger partial charge on any atom is 0.0967 e. The number of nitrogens with one attached hydrogen (secondary N) is 1. The van der Waals surface area contributed by atoms with E-state index in [1.54, 1.807) is 0 Å². The maximum atomic E-state index is 5.43.